The number of piperazine rings is 1. The number of hydrogen-bond donors (Lipinski definition) is 0. The number of halogens is 1. The van der Waals surface area contributed by atoms with Crippen molar-refractivity contribution >= 4 is 41.0 Å². The monoisotopic (exact) mass is 545 g/mol. The number of piperidine rings is 1. The maximum Gasteiger partial charge on any atom is 0.254 e. The van der Waals surface area contributed by atoms with Gasteiger partial charge in [-0.25, -0.2) is 9.97 Å². The van der Waals surface area contributed by atoms with Gasteiger partial charge in [0, 0.05) is 63.2 Å². The molecule has 3 aliphatic heterocycles. The van der Waals surface area contributed by atoms with E-state index in [-0.39, 0.29) is 23.6 Å². The minimum Gasteiger partial charge on any atom is -0.353 e. The molecule has 0 aliphatic carbocycles. The number of nitrogens with zero attached hydrogens (tertiary/aromatic N) is 5. The van der Waals surface area contributed by atoms with E-state index in [1.54, 1.807) is 6.07 Å². The maximum atomic E-state index is 13.0. The Hall–Kier alpha value is -2.40. The third kappa shape index (κ3) is 6.03. The van der Waals surface area contributed by atoms with Crippen LogP contribution in [0.5, 0.6) is 0 Å². The van der Waals surface area contributed by atoms with Crippen LogP contribution in [0, 0.1) is 6.92 Å². The van der Waals surface area contributed by atoms with Crippen molar-refractivity contribution in [2.45, 2.75) is 43.7 Å². The van der Waals surface area contributed by atoms with Crippen molar-refractivity contribution in [3.05, 3.63) is 46.6 Å². The number of thioether (sulfide) groups is 1. The summed E-state index contributed by atoms with van der Waals surface area (Å²) in [5, 5.41) is 0.804. The summed E-state index contributed by atoms with van der Waals surface area (Å²) >= 11 is 7.62. The number of hydrogen-bond acceptors (Lipinski definition) is 8. The average molecular weight is 546 g/mol. The molecule has 1 aromatic heterocycles. The Kier molecular flexibility index (Phi) is 7.90. The van der Waals surface area contributed by atoms with Gasteiger partial charge in [-0.1, -0.05) is 41.1 Å². The van der Waals surface area contributed by atoms with Gasteiger partial charge >= 0.3 is 0 Å². The molecule has 3 aliphatic rings. The van der Waals surface area contributed by atoms with Gasteiger partial charge in [-0.2, -0.15) is 0 Å². The average Bonchev–Trinajstić information content (AvgIpc) is 3.35. The fraction of sp³-hybridized carbons (Fsp3) is 0.538. The molecule has 0 bridgehead atoms. The zero-order valence-corrected chi connectivity index (χ0v) is 22.8. The summed E-state index contributed by atoms with van der Waals surface area (Å²) in [6.45, 7) is 8.37. The molecule has 1 aromatic carbocycles. The largest absolute Gasteiger partial charge is 0.353 e. The first kappa shape index (κ1) is 26.2. The first-order valence-electron chi connectivity index (χ1n) is 12.7. The predicted octanol–water partition coefficient (Wildman–Crippen LogP) is 3.25. The van der Waals surface area contributed by atoms with Gasteiger partial charge in [0.1, 0.15) is 11.0 Å². The van der Waals surface area contributed by atoms with E-state index in [4.69, 9.17) is 21.1 Å². The fourth-order valence-electron chi connectivity index (χ4n) is 5.04. The molecule has 0 radical (unpaired) electrons. The van der Waals surface area contributed by atoms with Crippen molar-refractivity contribution in [2.75, 3.05) is 56.6 Å². The second kappa shape index (κ2) is 11.1. The third-order valence-corrected chi connectivity index (χ3v) is 8.21. The Morgan fingerprint density at radius 1 is 1.08 bits per heavy atom. The standard InChI is InChI=1S/C26H32ClN5O4S/c1-18-3-5-20(6-4-18)24(34)32-12-11-31(16-19(32)2)22-15-21(27)28-25(29-22)37-17-23(33)30-9-7-26(8-10-30)35-13-14-36-26/h3-6,15,19H,7-14,16-17H2,1-2H3. The Labute approximate surface area is 226 Å². The minimum absolute atomic E-state index is 0.00389. The quantitative estimate of drug-likeness (QED) is 0.321. The summed E-state index contributed by atoms with van der Waals surface area (Å²) in [6, 6.07) is 9.42. The lowest BCUT2D eigenvalue weighted by Gasteiger charge is -2.40. The molecule has 0 N–H and O–H groups in total. The van der Waals surface area contributed by atoms with Gasteiger partial charge in [0.15, 0.2) is 10.9 Å². The maximum absolute atomic E-state index is 13.0. The summed E-state index contributed by atoms with van der Waals surface area (Å²) in [6.07, 6.45) is 1.38. The van der Waals surface area contributed by atoms with Crippen molar-refractivity contribution in [1.29, 1.82) is 0 Å². The van der Waals surface area contributed by atoms with Crippen molar-refractivity contribution in [3.8, 4) is 0 Å². The number of aryl methyl sites for hydroxylation is 1. The molecule has 3 saturated heterocycles. The van der Waals surface area contributed by atoms with Crippen LogP contribution in [-0.2, 0) is 14.3 Å². The zero-order chi connectivity index (χ0) is 26.0. The number of anilines is 1. The van der Waals surface area contributed by atoms with E-state index in [1.165, 1.54) is 11.8 Å². The summed E-state index contributed by atoms with van der Waals surface area (Å²) in [5.74, 6) is 0.529. The number of amides is 2. The molecule has 2 amide bonds. The number of carbonyl (C=O) groups is 2. The lowest BCUT2D eigenvalue weighted by molar-refractivity contribution is -0.186. The Morgan fingerprint density at radius 3 is 2.46 bits per heavy atom. The highest BCUT2D eigenvalue weighted by Gasteiger charge is 2.40. The Bertz CT molecular complexity index is 1130. The van der Waals surface area contributed by atoms with Gasteiger partial charge in [-0.3, -0.25) is 9.59 Å². The molecule has 1 atom stereocenters. The first-order chi connectivity index (χ1) is 17.8. The zero-order valence-electron chi connectivity index (χ0n) is 21.2. The van der Waals surface area contributed by atoms with Crippen molar-refractivity contribution < 1.29 is 19.1 Å². The molecular formula is C26H32ClN5O4S. The molecule has 2 aromatic rings. The van der Waals surface area contributed by atoms with E-state index in [0.717, 1.165) is 5.56 Å². The number of rotatable bonds is 5. The number of likely N-dealkylation sites (tertiary alicyclic amines) is 1. The molecule has 1 spiro atoms. The highest BCUT2D eigenvalue weighted by atomic mass is 35.5. The van der Waals surface area contributed by atoms with Crippen LogP contribution < -0.4 is 4.90 Å². The lowest BCUT2D eigenvalue weighted by atomic mass is 10.0. The highest BCUT2D eigenvalue weighted by molar-refractivity contribution is 7.99. The van der Waals surface area contributed by atoms with Gasteiger partial charge in [0.2, 0.25) is 5.91 Å². The van der Waals surface area contributed by atoms with E-state index in [9.17, 15) is 9.59 Å². The summed E-state index contributed by atoms with van der Waals surface area (Å²) in [5.41, 5.74) is 1.83. The van der Waals surface area contributed by atoms with E-state index in [1.807, 2.05) is 47.9 Å². The second-order valence-corrected chi connectivity index (χ2v) is 11.1. The van der Waals surface area contributed by atoms with Crippen LogP contribution in [0.2, 0.25) is 5.15 Å². The molecule has 4 heterocycles. The number of carbonyl (C=O) groups excluding carboxylic acids is 2. The molecule has 0 saturated carbocycles. The van der Waals surface area contributed by atoms with Crippen molar-refractivity contribution in [1.82, 2.24) is 19.8 Å². The number of ether oxygens (including phenoxy) is 2. The Morgan fingerprint density at radius 2 is 1.78 bits per heavy atom. The normalized spacial score (nSPS) is 21.5. The minimum atomic E-state index is -0.499. The molecule has 1 unspecified atom stereocenters. The van der Waals surface area contributed by atoms with Gasteiger partial charge in [0.25, 0.3) is 5.91 Å². The fourth-order valence-corrected chi connectivity index (χ4v) is 6.03. The SMILES string of the molecule is Cc1ccc(C(=O)N2CCN(c3cc(Cl)nc(SCC(=O)N4CCC5(CC4)OCCO5)n3)CC2C)cc1. The highest BCUT2D eigenvalue weighted by Crippen LogP contribution is 2.32. The molecule has 37 heavy (non-hydrogen) atoms. The van der Waals surface area contributed by atoms with Gasteiger partial charge in [-0.15, -0.1) is 0 Å². The molecular weight excluding hydrogens is 514 g/mol. The molecule has 3 fully saturated rings. The van der Waals surface area contributed by atoms with E-state index in [2.05, 4.69) is 14.9 Å². The second-order valence-electron chi connectivity index (χ2n) is 9.77. The smallest absolute Gasteiger partial charge is 0.254 e. The number of benzene rings is 1. The summed E-state index contributed by atoms with van der Waals surface area (Å²) in [4.78, 5) is 40.7. The van der Waals surface area contributed by atoms with Crippen molar-refractivity contribution in [2.24, 2.45) is 0 Å². The predicted molar refractivity (Wildman–Crippen MR) is 142 cm³/mol. The van der Waals surface area contributed by atoms with Crippen LogP contribution in [0.25, 0.3) is 0 Å². The van der Waals surface area contributed by atoms with E-state index >= 15 is 0 Å². The van der Waals surface area contributed by atoms with Crippen LogP contribution in [0.4, 0.5) is 5.82 Å². The van der Waals surface area contributed by atoms with E-state index < -0.39 is 5.79 Å². The van der Waals surface area contributed by atoms with Crippen LogP contribution in [0.3, 0.4) is 0 Å². The van der Waals surface area contributed by atoms with Crippen molar-refractivity contribution in [3.63, 3.8) is 0 Å². The van der Waals surface area contributed by atoms with Crippen LogP contribution in [0.15, 0.2) is 35.5 Å². The molecule has 198 valence electrons. The molecule has 11 heteroatoms. The molecule has 9 nitrogen and oxygen atoms in total. The van der Waals surface area contributed by atoms with Gasteiger partial charge in [0.05, 0.1) is 19.0 Å². The van der Waals surface area contributed by atoms with Crippen LogP contribution >= 0.6 is 23.4 Å². The van der Waals surface area contributed by atoms with Gasteiger partial charge in [-0.05, 0) is 26.0 Å². The van der Waals surface area contributed by atoms with Crippen LogP contribution in [0.1, 0.15) is 35.7 Å². The van der Waals surface area contributed by atoms with Gasteiger partial charge < -0.3 is 24.2 Å². The first-order valence-corrected chi connectivity index (χ1v) is 14.0. The topological polar surface area (TPSA) is 88.1 Å². The summed E-state index contributed by atoms with van der Waals surface area (Å²) in [7, 11) is 0. The summed E-state index contributed by atoms with van der Waals surface area (Å²) < 4.78 is 11.5. The molecule has 5 rings (SSSR count). The number of aromatic nitrogens is 2. The lowest BCUT2D eigenvalue weighted by Crippen LogP contribution is -2.54. The van der Waals surface area contributed by atoms with Crippen LogP contribution in [-0.4, -0.2) is 95.1 Å². The van der Waals surface area contributed by atoms with E-state index in [0.29, 0.717) is 80.5 Å². The Balaban J connectivity index is 1.16. The third-order valence-electron chi connectivity index (χ3n) is 7.19.